The number of likely N-dealkylation sites (tertiary alicyclic amines) is 1. The highest BCUT2D eigenvalue weighted by Crippen LogP contribution is 2.25. The van der Waals surface area contributed by atoms with E-state index in [4.69, 9.17) is 4.74 Å². The topological polar surface area (TPSA) is 105 Å². The molecule has 1 aliphatic heterocycles. The number of ether oxygens (including phenoxy) is 1. The van der Waals surface area contributed by atoms with E-state index < -0.39 is 5.25 Å². The highest BCUT2D eigenvalue weighted by Gasteiger charge is 2.38. The van der Waals surface area contributed by atoms with Crippen molar-refractivity contribution in [2.45, 2.75) is 31.4 Å². The number of hydrogen-bond donors (Lipinski definition) is 2. The van der Waals surface area contributed by atoms with Gasteiger partial charge in [0, 0.05) is 32.5 Å². The Kier molecular flexibility index (Phi) is 9.90. The van der Waals surface area contributed by atoms with Crippen molar-refractivity contribution in [3.05, 3.63) is 0 Å². The highest BCUT2D eigenvalue weighted by molar-refractivity contribution is 8.01. The van der Waals surface area contributed by atoms with Gasteiger partial charge in [0.15, 0.2) is 0 Å². The molecule has 0 aromatic carbocycles. The zero-order valence-corrected chi connectivity index (χ0v) is 15.7. The fourth-order valence-electron chi connectivity index (χ4n) is 2.05. The molecule has 24 heavy (non-hydrogen) atoms. The predicted molar refractivity (Wildman–Crippen MR) is 94.2 cm³/mol. The molecule has 0 aliphatic carbocycles. The number of carbonyl (C=O) groups is 4. The van der Waals surface area contributed by atoms with E-state index in [1.54, 1.807) is 0 Å². The monoisotopic (exact) mass is 377 g/mol. The maximum absolute atomic E-state index is 12.2. The first-order valence-electron chi connectivity index (χ1n) is 7.79. The Hall–Kier alpha value is -1.18. The Bertz CT molecular complexity index is 477. The van der Waals surface area contributed by atoms with E-state index in [2.05, 4.69) is 19.8 Å². The van der Waals surface area contributed by atoms with Gasteiger partial charge in [0.25, 0.3) is 0 Å². The van der Waals surface area contributed by atoms with E-state index >= 15 is 0 Å². The summed E-state index contributed by atoms with van der Waals surface area (Å²) < 4.78 is 5.24. The standard InChI is InChI=1S/C14H24N3O5PS/c1-2-6-22-7-4-15-11(18)3-5-17-13(20)8-10(14(17)21)24-9-12(19)16-23/h10H,2-9,23H2,1H3,(H,15,18)(H,16,19). The van der Waals surface area contributed by atoms with Crippen LogP contribution in [0, 0.1) is 0 Å². The van der Waals surface area contributed by atoms with Crippen LogP contribution >= 0.6 is 21.2 Å². The van der Waals surface area contributed by atoms with Crippen LogP contribution in [-0.4, -0.2) is 65.8 Å². The molecule has 1 fully saturated rings. The van der Waals surface area contributed by atoms with Crippen LogP contribution in [0.4, 0.5) is 0 Å². The molecule has 0 aromatic heterocycles. The van der Waals surface area contributed by atoms with Gasteiger partial charge < -0.3 is 15.1 Å². The third kappa shape index (κ3) is 7.15. The van der Waals surface area contributed by atoms with E-state index in [0.29, 0.717) is 19.8 Å². The van der Waals surface area contributed by atoms with Crippen LogP contribution in [0.5, 0.6) is 0 Å². The van der Waals surface area contributed by atoms with Crippen molar-refractivity contribution < 1.29 is 23.9 Å². The Balaban J connectivity index is 2.29. The van der Waals surface area contributed by atoms with Crippen molar-refractivity contribution in [1.82, 2.24) is 15.3 Å². The van der Waals surface area contributed by atoms with Crippen LogP contribution in [-0.2, 0) is 23.9 Å². The SMILES string of the molecule is CCCOCCNC(=O)CCN1C(=O)CC(SCC(=O)NP)C1=O. The van der Waals surface area contributed by atoms with E-state index in [1.807, 2.05) is 6.92 Å². The number of amides is 4. The summed E-state index contributed by atoms with van der Waals surface area (Å²) in [5, 5.41) is 4.51. The Morgan fingerprint density at radius 3 is 2.75 bits per heavy atom. The summed E-state index contributed by atoms with van der Waals surface area (Å²) in [5.74, 6) is -0.981. The lowest BCUT2D eigenvalue weighted by Crippen LogP contribution is -2.36. The first-order chi connectivity index (χ1) is 11.5. The Morgan fingerprint density at radius 2 is 2.08 bits per heavy atom. The van der Waals surface area contributed by atoms with E-state index in [1.165, 1.54) is 0 Å². The maximum atomic E-state index is 12.2. The lowest BCUT2D eigenvalue weighted by atomic mass is 10.3. The zero-order valence-electron chi connectivity index (χ0n) is 13.7. The van der Waals surface area contributed by atoms with Crippen molar-refractivity contribution in [1.29, 1.82) is 0 Å². The molecule has 2 N–H and O–H groups in total. The number of nitrogens with zero attached hydrogens (tertiary/aromatic N) is 1. The van der Waals surface area contributed by atoms with E-state index in [0.717, 1.165) is 23.1 Å². The minimum Gasteiger partial charge on any atom is -0.380 e. The van der Waals surface area contributed by atoms with Gasteiger partial charge in [-0.15, -0.1) is 11.8 Å². The fraction of sp³-hybridized carbons (Fsp3) is 0.714. The second-order valence-corrected chi connectivity index (χ2v) is 6.65. The normalized spacial score (nSPS) is 17.2. The van der Waals surface area contributed by atoms with Gasteiger partial charge in [0.05, 0.1) is 17.6 Å². The van der Waals surface area contributed by atoms with Gasteiger partial charge in [-0.3, -0.25) is 24.1 Å². The summed E-state index contributed by atoms with van der Waals surface area (Å²) in [5.41, 5.74) is 0. The second kappa shape index (κ2) is 11.4. The maximum Gasteiger partial charge on any atom is 0.242 e. The predicted octanol–water partition coefficient (Wildman–Crippen LogP) is -0.314. The Morgan fingerprint density at radius 1 is 1.33 bits per heavy atom. The molecule has 10 heteroatoms. The Labute approximate surface area is 148 Å². The number of thioether (sulfide) groups is 1. The molecule has 0 saturated carbocycles. The summed E-state index contributed by atoms with van der Waals surface area (Å²) in [6.07, 6.45) is 1.06. The molecular weight excluding hydrogens is 353 g/mol. The number of imide groups is 1. The molecule has 0 aromatic rings. The summed E-state index contributed by atoms with van der Waals surface area (Å²) in [7, 11) is 2.09. The molecule has 0 spiro atoms. The minimum atomic E-state index is -0.551. The highest BCUT2D eigenvalue weighted by atomic mass is 32.2. The molecular formula is C14H24N3O5PS. The smallest absolute Gasteiger partial charge is 0.242 e. The van der Waals surface area contributed by atoms with Crippen molar-refractivity contribution in [3.8, 4) is 0 Å². The fourth-order valence-corrected chi connectivity index (χ4v) is 3.26. The van der Waals surface area contributed by atoms with Gasteiger partial charge in [-0.05, 0) is 15.8 Å². The first-order valence-corrected chi connectivity index (χ1v) is 9.41. The summed E-state index contributed by atoms with van der Waals surface area (Å²) in [4.78, 5) is 48.0. The van der Waals surface area contributed by atoms with Crippen molar-refractivity contribution in [2.24, 2.45) is 0 Å². The van der Waals surface area contributed by atoms with Gasteiger partial charge in [-0.25, -0.2) is 0 Å². The molecule has 2 atom stereocenters. The van der Waals surface area contributed by atoms with E-state index in [9.17, 15) is 19.2 Å². The third-order valence-corrected chi connectivity index (χ3v) is 4.78. The lowest BCUT2D eigenvalue weighted by molar-refractivity contribution is -0.138. The summed E-state index contributed by atoms with van der Waals surface area (Å²) in [6.45, 7) is 3.56. The molecule has 0 bridgehead atoms. The molecule has 8 nitrogen and oxygen atoms in total. The van der Waals surface area contributed by atoms with Gasteiger partial charge in [0.1, 0.15) is 0 Å². The molecule has 2 unspecified atom stereocenters. The largest absolute Gasteiger partial charge is 0.380 e. The van der Waals surface area contributed by atoms with Crippen LogP contribution in [0.25, 0.3) is 0 Å². The molecule has 4 amide bonds. The second-order valence-electron chi connectivity index (χ2n) is 5.17. The average Bonchev–Trinajstić information content (AvgIpc) is 2.84. The van der Waals surface area contributed by atoms with Crippen molar-refractivity contribution in [3.63, 3.8) is 0 Å². The van der Waals surface area contributed by atoms with Crippen LogP contribution in [0.2, 0.25) is 0 Å². The van der Waals surface area contributed by atoms with Crippen molar-refractivity contribution >= 4 is 44.8 Å². The van der Waals surface area contributed by atoms with Gasteiger partial charge in [0.2, 0.25) is 23.6 Å². The number of rotatable bonds is 11. The third-order valence-electron chi connectivity index (χ3n) is 3.26. The zero-order chi connectivity index (χ0) is 17.9. The quantitative estimate of drug-likeness (QED) is 0.291. The molecule has 1 heterocycles. The van der Waals surface area contributed by atoms with Crippen LogP contribution in [0.15, 0.2) is 0 Å². The van der Waals surface area contributed by atoms with Gasteiger partial charge in [-0.2, -0.15) is 0 Å². The molecule has 1 rings (SSSR count). The number of nitrogens with one attached hydrogen (secondary N) is 2. The summed E-state index contributed by atoms with van der Waals surface area (Å²) >= 11 is 1.13. The average molecular weight is 377 g/mol. The number of carbonyl (C=O) groups excluding carboxylic acids is 4. The minimum absolute atomic E-state index is 0.0617. The van der Waals surface area contributed by atoms with Gasteiger partial charge in [-0.1, -0.05) is 6.92 Å². The van der Waals surface area contributed by atoms with E-state index in [-0.39, 0.29) is 48.8 Å². The summed E-state index contributed by atoms with van der Waals surface area (Å²) in [6, 6.07) is 0. The van der Waals surface area contributed by atoms with Crippen molar-refractivity contribution in [2.75, 3.05) is 32.1 Å². The first kappa shape index (κ1) is 20.9. The molecule has 136 valence electrons. The lowest BCUT2D eigenvalue weighted by Gasteiger charge is -2.14. The van der Waals surface area contributed by atoms with Crippen LogP contribution in [0.1, 0.15) is 26.2 Å². The van der Waals surface area contributed by atoms with Crippen LogP contribution in [0.3, 0.4) is 0 Å². The van der Waals surface area contributed by atoms with Gasteiger partial charge >= 0.3 is 0 Å². The molecule has 1 saturated heterocycles. The molecule has 0 radical (unpaired) electrons. The van der Waals surface area contributed by atoms with Crippen LogP contribution < -0.4 is 10.4 Å². The molecule has 1 aliphatic rings. The number of hydrogen-bond acceptors (Lipinski definition) is 6.